The molecule has 1 heterocycles. The highest BCUT2D eigenvalue weighted by Gasteiger charge is 2.24. The summed E-state index contributed by atoms with van der Waals surface area (Å²) < 4.78 is 1.28. The molecule has 0 saturated heterocycles. The Balaban J connectivity index is 1.97. The smallest absolute Gasteiger partial charge is 0.312 e. The minimum atomic E-state index is -0.516. The molecule has 138 valence electrons. The van der Waals surface area contributed by atoms with Gasteiger partial charge in [-0.25, -0.2) is 0 Å². The number of nitro groups is 1. The van der Waals surface area contributed by atoms with E-state index in [1.165, 1.54) is 30.5 Å². The van der Waals surface area contributed by atoms with Gasteiger partial charge in [-0.2, -0.15) is 5.10 Å². The Labute approximate surface area is 150 Å². The number of aryl methyl sites for hydroxylation is 2. The number of hydrogen-bond donors (Lipinski definition) is 1. The van der Waals surface area contributed by atoms with Gasteiger partial charge in [-0.05, 0) is 32.9 Å². The fraction of sp³-hybridized carbons (Fsp3) is 0.353. The van der Waals surface area contributed by atoms with Crippen molar-refractivity contribution < 1.29 is 14.5 Å². The lowest BCUT2D eigenvalue weighted by Gasteiger charge is -2.17. The molecular weight excluding hydrogens is 338 g/mol. The first-order valence-electron chi connectivity index (χ1n) is 7.98. The topological polar surface area (TPSA) is 110 Å². The lowest BCUT2D eigenvalue weighted by atomic mass is 10.2. The van der Waals surface area contributed by atoms with Crippen LogP contribution in [0.4, 0.5) is 11.4 Å². The maximum atomic E-state index is 12.3. The first-order chi connectivity index (χ1) is 12.2. The third-order valence-electron chi connectivity index (χ3n) is 3.95. The number of rotatable bonds is 6. The van der Waals surface area contributed by atoms with Crippen LogP contribution in [0.25, 0.3) is 0 Å². The van der Waals surface area contributed by atoms with Crippen molar-refractivity contribution in [3.8, 4) is 0 Å². The van der Waals surface area contributed by atoms with Gasteiger partial charge in [0.2, 0.25) is 11.8 Å². The third kappa shape index (κ3) is 4.44. The van der Waals surface area contributed by atoms with Crippen molar-refractivity contribution in [1.82, 2.24) is 14.7 Å². The quantitative estimate of drug-likeness (QED) is 0.625. The Morgan fingerprint density at radius 1 is 1.23 bits per heavy atom. The van der Waals surface area contributed by atoms with Gasteiger partial charge >= 0.3 is 5.69 Å². The number of nitrogens with zero attached hydrogens (tertiary/aromatic N) is 4. The normalized spacial score (nSPS) is 10.5. The standard InChI is InChI=1S/C17H21N5O4/c1-11-5-7-14(8-6-11)18-15(23)9-20(4)16(24)10-21-13(3)17(22(25)26)12(2)19-21/h5-8H,9-10H2,1-4H3,(H,18,23). The average molecular weight is 359 g/mol. The van der Waals surface area contributed by atoms with Crippen LogP contribution in [0.3, 0.4) is 0 Å². The summed E-state index contributed by atoms with van der Waals surface area (Å²) >= 11 is 0. The molecule has 1 aromatic carbocycles. The summed E-state index contributed by atoms with van der Waals surface area (Å²) in [5.74, 6) is -0.700. The number of carbonyl (C=O) groups excluding carboxylic acids is 2. The van der Waals surface area contributed by atoms with Gasteiger partial charge in [-0.1, -0.05) is 17.7 Å². The number of hydrogen-bond acceptors (Lipinski definition) is 5. The molecule has 0 aliphatic rings. The maximum absolute atomic E-state index is 12.3. The average Bonchev–Trinajstić information content (AvgIpc) is 2.83. The molecule has 2 rings (SSSR count). The van der Waals surface area contributed by atoms with Gasteiger partial charge < -0.3 is 10.2 Å². The molecule has 9 heteroatoms. The molecule has 1 aromatic heterocycles. The molecule has 0 spiro atoms. The van der Waals surface area contributed by atoms with Crippen molar-refractivity contribution in [2.45, 2.75) is 27.3 Å². The fourth-order valence-corrected chi connectivity index (χ4v) is 2.50. The van der Waals surface area contributed by atoms with E-state index in [0.717, 1.165) is 5.56 Å². The van der Waals surface area contributed by atoms with E-state index in [1.54, 1.807) is 12.1 Å². The summed E-state index contributed by atoms with van der Waals surface area (Å²) in [6.45, 7) is 4.70. The van der Waals surface area contributed by atoms with E-state index >= 15 is 0 Å². The SMILES string of the molecule is Cc1ccc(NC(=O)CN(C)C(=O)Cn2nc(C)c([N+](=O)[O-])c2C)cc1. The lowest BCUT2D eigenvalue weighted by molar-refractivity contribution is -0.386. The van der Waals surface area contributed by atoms with Gasteiger partial charge in [0.15, 0.2) is 0 Å². The first kappa shape index (κ1) is 19.1. The molecule has 0 atom stereocenters. The molecule has 0 bridgehead atoms. The molecule has 1 N–H and O–H groups in total. The third-order valence-corrected chi connectivity index (χ3v) is 3.95. The van der Waals surface area contributed by atoms with Crippen LogP contribution < -0.4 is 5.32 Å². The number of benzene rings is 1. The van der Waals surface area contributed by atoms with Crippen LogP contribution in [0.2, 0.25) is 0 Å². The Morgan fingerprint density at radius 3 is 2.38 bits per heavy atom. The van der Waals surface area contributed by atoms with E-state index in [0.29, 0.717) is 11.4 Å². The molecule has 0 aliphatic heterocycles. The highest BCUT2D eigenvalue weighted by atomic mass is 16.6. The largest absolute Gasteiger partial charge is 0.335 e. The number of likely N-dealkylation sites (N-methyl/N-ethyl adjacent to an activating group) is 1. The second kappa shape index (κ2) is 7.77. The molecular formula is C17H21N5O4. The first-order valence-corrected chi connectivity index (χ1v) is 7.98. The molecule has 0 aliphatic carbocycles. The summed E-state index contributed by atoms with van der Waals surface area (Å²) in [4.78, 5) is 36.1. The number of aromatic nitrogens is 2. The van der Waals surface area contributed by atoms with E-state index in [-0.39, 0.29) is 36.3 Å². The summed E-state index contributed by atoms with van der Waals surface area (Å²) in [6.07, 6.45) is 0. The predicted octanol–water partition coefficient (Wildman–Crippen LogP) is 1.81. The van der Waals surface area contributed by atoms with Gasteiger partial charge in [0.05, 0.1) is 11.5 Å². The van der Waals surface area contributed by atoms with E-state index < -0.39 is 4.92 Å². The molecule has 0 fully saturated rings. The minimum absolute atomic E-state index is 0.0995. The lowest BCUT2D eigenvalue weighted by Crippen LogP contribution is -2.37. The van der Waals surface area contributed by atoms with Gasteiger partial charge in [-0.15, -0.1) is 0 Å². The summed E-state index contributed by atoms with van der Waals surface area (Å²) in [6, 6.07) is 7.31. The van der Waals surface area contributed by atoms with Gasteiger partial charge in [0.25, 0.3) is 0 Å². The van der Waals surface area contributed by atoms with Gasteiger partial charge in [0.1, 0.15) is 17.9 Å². The molecule has 0 radical (unpaired) electrons. The van der Waals surface area contributed by atoms with E-state index in [2.05, 4.69) is 10.4 Å². The Hall–Kier alpha value is -3.23. The van der Waals surface area contributed by atoms with E-state index in [9.17, 15) is 19.7 Å². The van der Waals surface area contributed by atoms with Gasteiger partial charge in [0, 0.05) is 12.7 Å². The zero-order valence-electron chi connectivity index (χ0n) is 15.1. The highest BCUT2D eigenvalue weighted by molar-refractivity contribution is 5.94. The second-order valence-corrected chi connectivity index (χ2v) is 6.10. The van der Waals surface area contributed by atoms with Crippen LogP contribution in [0, 0.1) is 30.9 Å². The molecule has 2 amide bonds. The number of carbonyl (C=O) groups is 2. The Kier molecular flexibility index (Phi) is 5.71. The maximum Gasteiger partial charge on any atom is 0.312 e. The second-order valence-electron chi connectivity index (χ2n) is 6.10. The summed E-state index contributed by atoms with van der Waals surface area (Å²) in [5.41, 5.74) is 2.18. The highest BCUT2D eigenvalue weighted by Crippen LogP contribution is 2.21. The van der Waals surface area contributed by atoms with Crippen molar-refractivity contribution in [3.63, 3.8) is 0 Å². The van der Waals surface area contributed by atoms with Crippen molar-refractivity contribution in [3.05, 3.63) is 51.3 Å². The van der Waals surface area contributed by atoms with Gasteiger partial charge in [-0.3, -0.25) is 24.4 Å². The van der Waals surface area contributed by atoms with E-state index in [4.69, 9.17) is 0 Å². The Bertz CT molecular complexity index is 842. The zero-order valence-corrected chi connectivity index (χ0v) is 15.1. The van der Waals surface area contributed by atoms with Crippen molar-refractivity contribution in [2.24, 2.45) is 0 Å². The molecule has 0 unspecified atom stereocenters. The van der Waals surface area contributed by atoms with Crippen molar-refractivity contribution in [2.75, 3.05) is 18.9 Å². The zero-order chi connectivity index (χ0) is 19.4. The van der Waals surface area contributed by atoms with Crippen LogP contribution >= 0.6 is 0 Å². The van der Waals surface area contributed by atoms with Crippen LogP contribution in [-0.4, -0.2) is 45.0 Å². The van der Waals surface area contributed by atoms with Crippen LogP contribution in [0.5, 0.6) is 0 Å². The molecule has 0 saturated carbocycles. The Morgan fingerprint density at radius 2 is 1.85 bits per heavy atom. The fourth-order valence-electron chi connectivity index (χ4n) is 2.50. The minimum Gasteiger partial charge on any atom is -0.335 e. The number of nitrogens with one attached hydrogen (secondary N) is 1. The van der Waals surface area contributed by atoms with Crippen molar-refractivity contribution in [1.29, 1.82) is 0 Å². The summed E-state index contributed by atoms with van der Waals surface area (Å²) in [7, 11) is 1.50. The summed E-state index contributed by atoms with van der Waals surface area (Å²) in [5, 5.41) is 17.8. The predicted molar refractivity (Wildman–Crippen MR) is 95.8 cm³/mol. The molecule has 26 heavy (non-hydrogen) atoms. The van der Waals surface area contributed by atoms with Crippen LogP contribution in [0.1, 0.15) is 17.0 Å². The molecule has 2 aromatic rings. The van der Waals surface area contributed by atoms with Crippen LogP contribution in [0.15, 0.2) is 24.3 Å². The van der Waals surface area contributed by atoms with Crippen molar-refractivity contribution >= 4 is 23.2 Å². The van der Waals surface area contributed by atoms with E-state index in [1.807, 2.05) is 19.1 Å². The number of amides is 2. The number of anilines is 1. The monoisotopic (exact) mass is 359 g/mol. The van der Waals surface area contributed by atoms with Crippen LogP contribution in [-0.2, 0) is 16.1 Å². The molecule has 9 nitrogen and oxygen atoms in total.